The van der Waals surface area contributed by atoms with E-state index < -0.39 is 17.9 Å². The van der Waals surface area contributed by atoms with Crippen LogP contribution in [0.5, 0.6) is 5.75 Å². The van der Waals surface area contributed by atoms with E-state index in [9.17, 15) is 9.18 Å². The Morgan fingerprint density at radius 2 is 2.27 bits per heavy atom. The number of aromatic nitrogens is 2. The number of fused-ring (bicyclic) bond motifs is 1. The quantitative estimate of drug-likeness (QED) is 0.722. The number of anilines is 1. The number of carbonyl (C=O) groups excluding carboxylic acids is 1. The first-order chi connectivity index (χ1) is 12.4. The largest absolute Gasteiger partial charge is 0.477 e. The number of esters is 1. The van der Waals surface area contributed by atoms with Crippen LogP contribution in [0.2, 0.25) is 5.02 Å². The van der Waals surface area contributed by atoms with Crippen molar-refractivity contribution in [2.45, 2.75) is 26.5 Å². The number of hydrogen-bond acceptors (Lipinski definition) is 7. The van der Waals surface area contributed by atoms with Crippen molar-refractivity contribution in [2.75, 3.05) is 25.1 Å². The van der Waals surface area contributed by atoms with Crippen LogP contribution in [0.1, 0.15) is 13.8 Å². The van der Waals surface area contributed by atoms with E-state index in [1.54, 1.807) is 6.92 Å². The lowest BCUT2D eigenvalue weighted by atomic mass is 10.3. The molecule has 0 N–H and O–H groups in total. The van der Waals surface area contributed by atoms with Gasteiger partial charge in [-0.15, -0.1) is 0 Å². The third kappa shape index (κ3) is 3.68. The fourth-order valence-electron chi connectivity index (χ4n) is 2.46. The predicted octanol–water partition coefficient (Wildman–Crippen LogP) is 2.75. The maximum atomic E-state index is 14.3. The van der Waals surface area contributed by atoms with E-state index in [1.165, 1.54) is 24.5 Å². The summed E-state index contributed by atoms with van der Waals surface area (Å²) < 4.78 is 31.0. The summed E-state index contributed by atoms with van der Waals surface area (Å²) in [5.41, 5.74) is 0.0639. The SMILES string of the molecule is CCOC(=O)C(C)Oc1cc(/N=c2\snc3n2CCN3C)c(F)cc1Cl. The van der Waals surface area contributed by atoms with Crippen LogP contribution in [0.15, 0.2) is 17.1 Å². The average molecular weight is 401 g/mol. The molecular formula is C16H18ClFN4O3S. The van der Waals surface area contributed by atoms with Crippen LogP contribution in [-0.2, 0) is 16.1 Å². The number of hydrogen-bond donors (Lipinski definition) is 0. The van der Waals surface area contributed by atoms with Crippen LogP contribution in [-0.4, -0.2) is 41.2 Å². The topological polar surface area (TPSA) is 69.0 Å². The highest BCUT2D eigenvalue weighted by Crippen LogP contribution is 2.33. The number of benzene rings is 1. The molecule has 0 saturated carbocycles. The lowest BCUT2D eigenvalue weighted by molar-refractivity contribution is -0.150. The Bertz CT molecular complexity index is 898. The van der Waals surface area contributed by atoms with Crippen molar-refractivity contribution in [3.8, 4) is 5.75 Å². The predicted molar refractivity (Wildman–Crippen MR) is 96.7 cm³/mol. The van der Waals surface area contributed by atoms with Crippen molar-refractivity contribution in [1.82, 2.24) is 8.94 Å². The summed E-state index contributed by atoms with van der Waals surface area (Å²) in [5.74, 6) is -0.142. The molecule has 1 aromatic heterocycles. The van der Waals surface area contributed by atoms with Crippen molar-refractivity contribution >= 4 is 40.7 Å². The Labute approximate surface area is 158 Å². The molecule has 3 rings (SSSR count). The van der Waals surface area contributed by atoms with Crippen LogP contribution in [0.4, 0.5) is 16.0 Å². The van der Waals surface area contributed by atoms with Crippen LogP contribution >= 0.6 is 23.1 Å². The van der Waals surface area contributed by atoms with Gasteiger partial charge in [0.05, 0.1) is 11.6 Å². The summed E-state index contributed by atoms with van der Waals surface area (Å²) in [7, 11) is 1.94. The Morgan fingerprint density at radius 3 is 3.00 bits per heavy atom. The van der Waals surface area contributed by atoms with Gasteiger partial charge in [0, 0.05) is 37.7 Å². The first-order valence-corrected chi connectivity index (χ1v) is 9.20. The number of likely N-dealkylation sites (N-methyl/N-ethyl adjacent to an activating group) is 1. The zero-order valence-electron chi connectivity index (χ0n) is 14.5. The van der Waals surface area contributed by atoms with Gasteiger partial charge >= 0.3 is 5.97 Å². The summed E-state index contributed by atoms with van der Waals surface area (Å²) in [4.78, 5) is 18.7. The fourth-order valence-corrected chi connectivity index (χ4v) is 3.47. The molecule has 7 nitrogen and oxygen atoms in total. The van der Waals surface area contributed by atoms with Crippen molar-refractivity contribution in [1.29, 1.82) is 0 Å². The van der Waals surface area contributed by atoms with Gasteiger partial charge in [-0.25, -0.2) is 14.2 Å². The smallest absolute Gasteiger partial charge is 0.347 e. The minimum Gasteiger partial charge on any atom is -0.477 e. The molecule has 26 heavy (non-hydrogen) atoms. The number of carbonyl (C=O) groups is 1. The van der Waals surface area contributed by atoms with Gasteiger partial charge < -0.3 is 14.4 Å². The van der Waals surface area contributed by atoms with Gasteiger partial charge in [0.25, 0.3) is 0 Å². The molecule has 1 aromatic carbocycles. The Balaban J connectivity index is 1.93. The number of halogens is 2. The minimum absolute atomic E-state index is 0.0551. The van der Waals surface area contributed by atoms with Crippen molar-refractivity contribution in [2.24, 2.45) is 4.99 Å². The van der Waals surface area contributed by atoms with Gasteiger partial charge in [-0.1, -0.05) is 11.6 Å². The second kappa shape index (κ2) is 7.63. The monoisotopic (exact) mass is 400 g/mol. The van der Waals surface area contributed by atoms with Crippen LogP contribution in [0.3, 0.4) is 0 Å². The third-order valence-corrected chi connectivity index (χ3v) is 4.85. The number of rotatable bonds is 5. The summed E-state index contributed by atoms with van der Waals surface area (Å²) in [6.07, 6.45) is -0.874. The van der Waals surface area contributed by atoms with E-state index in [2.05, 4.69) is 9.37 Å². The Morgan fingerprint density at radius 1 is 1.50 bits per heavy atom. The van der Waals surface area contributed by atoms with E-state index in [1.807, 2.05) is 16.5 Å². The van der Waals surface area contributed by atoms with Gasteiger partial charge in [-0.05, 0) is 19.9 Å². The van der Waals surface area contributed by atoms with Crippen LogP contribution in [0.25, 0.3) is 0 Å². The van der Waals surface area contributed by atoms with Crippen molar-refractivity contribution < 1.29 is 18.7 Å². The molecule has 0 radical (unpaired) electrons. The van der Waals surface area contributed by atoms with Crippen LogP contribution in [0, 0.1) is 5.82 Å². The van der Waals surface area contributed by atoms with Gasteiger partial charge in [0.2, 0.25) is 10.7 Å². The normalized spacial score (nSPS) is 15.1. The Hall–Kier alpha value is -2.13. The molecule has 0 saturated heterocycles. The molecule has 0 fully saturated rings. The molecular weight excluding hydrogens is 383 g/mol. The number of nitrogens with zero attached hydrogens (tertiary/aromatic N) is 4. The molecule has 1 aliphatic heterocycles. The van der Waals surface area contributed by atoms with Crippen LogP contribution < -0.4 is 14.4 Å². The van der Waals surface area contributed by atoms with E-state index in [0.717, 1.165) is 25.1 Å². The molecule has 2 heterocycles. The zero-order valence-corrected chi connectivity index (χ0v) is 16.1. The summed E-state index contributed by atoms with van der Waals surface area (Å²) >= 11 is 7.23. The molecule has 1 unspecified atom stereocenters. The highest BCUT2D eigenvalue weighted by atomic mass is 35.5. The molecule has 0 bridgehead atoms. The second-order valence-electron chi connectivity index (χ2n) is 5.70. The molecule has 1 aliphatic rings. The first kappa shape index (κ1) is 18.7. The standard InChI is InChI=1S/C16H18ClFN4O3S/c1-4-24-14(23)9(2)25-13-8-12(11(18)7-10(13)17)19-16-22-6-5-21(3)15(22)20-26-16/h7-9H,4-6H2,1-3H3/b19-16-. The highest BCUT2D eigenvalue weighted by Gasteiger charge is 2.21. The molecule has 140 valence electrons. The molecule has 0 aliphatic carbocycles. The zero-order chi connectivity index (χ0) is 18.8. The van der Waals surface area contributed by atoms with E-state index in [-0.39, 0.29) is 23.1 Å². The molecule has 0 amide bonds. The summed E-state index contributed by atoms with van der Waals surface area (Å²) in [5, 5.41) is 0.0551. The molecule has 0 spiro atoms. The lowest BCUT2D eigenvalue weighted by Crippen LogP contribution is -2.26. The average Bonchev–Trinajstić information content (AvgIpc) is 3.16. The summed E-state index contributed by atoms with van der Waals surface area (Å²) in [6.45, 7) is 5.05. The molecule has 2 aromatic rings. The molecule has 1 atom stereocenters. The van der Waals surface area contributed by atoms with Gasteiger partial charge in [-0.2, -0.15) is 4.37 Å². The maximum absolute atomic E-state index is 14.3. The van der Waals surface area contributed by atoms with E-state index in [4.69, 9.17) is 21.1 Å². The van der Waals surface area contributed by atoms with Crippen molar-refractivity contribution in [3.05, 3.63) is 27.8 Å². The highest BCUT2D eigenvalue weighted by molar-refractivity contribution is 7.03. The lowest BCUT2D eigenvalue weighted by Gasteiger charge is -2.15. The maximum Gasteiger partial charge on any atom is 0.347 e. The second-order valence-corrected chi connectivity index (χ2v) is 6.83. The van der Waals surface area contributed by atoms with E-state index in [0.29, 0.717) is 4.80 Å². The molecule has 10 heteroatoms. The third-order valence-electron chi connectivity index (χ3n) is 3.82. The minimum atomic E-state index is -0.874. The Kier molecular flexibility index (Phi) is 5.47. The first-order valence-electron chi connectivity index (χ1n) is 8.05. The number of ether oxygens (including phenoxy) is 2. The fraction of sp³-hybridized carbons (Fsp3) is 0.438. The summed E-state index contributed by atoms with van der Waals surface area (Å²) in [6, 6.07) is 2.49. The van der Waals surface area contributed by atoms with Gasteiger partial charge in [0.1, 0.15) is 11.4 Å². The van der Waals surface area contributed by atoms with E-state index >= 15 is 0 Å². The van der Waals surface area contributed by atoms with Crippen molar-refractivity contribution in [3.63, 3.8) is 0 Å². The van der Waals surface area contributed by atoms with Gasteiger partial charge in [0.15, 0.2) is 11.9 Å². The van der Waals surface area contributed by atoms with Gasteiger partial charge in [-0.3, -0.25) is 4.57 Å².